The monoisotopic (exact) mass is 784 g/mol. The van der Waals surface area contributed by atoms with Crippen LogP contribution in [0, 0.1) is 0 Å². The smallest absolute Gasteiger partial charge is 0.0370 e. The van der Waals surface area contributed by atoms with Gasteiger partial charge in [-0.05, 0) is 118 Å². The van der Waals surface area contributed by atoms with E-state index in [-0.39, 0.29) is 5.41 Å². The zero-order chi connectivity index (χ0) is 39.0. The molecule has 13 rings (SSSR count). The average molecular weight is 785 g/mol. The summed E-state index contributed by atoms with van der Waals surface area (Å²) in [5.41, 5.74) is 13.1. The van der Waals surface area contributed by atoms with E-state index in [1.165, 1.54) is 128 Å². The molecule has 0 saturated heterocycles. The van der Waals surface area contributed by atoms with Gasteiger partial charge < -0.3 is 0 Å². The lowest BCUT2D eigenvalue weighted by molar-refractivity contribution is 0.660. The molecule has 2 aromatic heterocycles. The van der Waals surface area contributed by atoms with E-state index in [2.05, 4.69) is 196 Å². The highest BCUT2D eigenvalue weighted by molar-refractivity contribution is 7.28. The molecule has 0 spiro atoms. The van der Waals surface area contributed by atoms with Crippen LogP contribution in [0.2, 0.25) is 0 Å². The molecule has 2 heteroatoms. The second kappa shape index (κ2) is 12.2. The van der Waals surface area contributed by atoms with E-state index >= 15 is 0 Å². The summed E-state index contributed by atoms with van der Waals surface area (Å²) < 4.78 is 5.41. The molecule has 0 unspecified atom stereocenters. The van der Waals surface area contributed by atoms with Crippen molar-refractivity contribution in [1.82, 2.24) is 0 Å². The largest absolute Gasteiger partial charge is 0.135 e. The fraction of sp³-hybridized carbons (Fsp3) is 0.0526. The topological polar surface area (TPSA) is 0 Å². The first-order valence-electron chi connectivity index (χ1n) is 20.5. The molecule has 0 radical (unpaired) electrons. The molecule has 12 aromatic rings. The highest BCUT2D eigenvalue weighted by Crippen LogP contribution is 2.52. The second-order valence-electron chi connectivity index (χ2n) is 16.7. The van der Waals surface area contributed by atoms with Crippen LogP contribution in [0.15, 0.2) is 182 Å². The maximum atomic E-state index is 2.45. The molecule has 1 aliphatic rings. The summed E-state index contributed by atoms with van der Waals surface area (Å²) in [6, 6.07) is 68.7. The lowest BCUT2D eigenvalue weighted by Gasteiger charge is -2.22. The van der Waals surface area contributed by atoms with Crippen molar-refractivity contribution in [2.75, 3.05) is 0 Å². The summed E-state index contributed by atoms with van der Waals surface area (Å²) in [5, 5.41) is 13.2. The van der Waals surface area contributed by atoms with E-state index in [0.29, 0.717) is 0 Å². The van der Waals surface area contributed by atoms with Gasteiger partial charge in [-0.2, -0.15) is 0 Å². The summed E-state index contributed by atoms with van der Waals surface area (Å²) in [6.07, 6.45) is 0. The van der Waals surface area contributed by atoms with Gasteiger partial charge in [0.2, 0.25) is 0 Å². The summed E-state index contributed by atoms with van der Waals surface area (Å²) >= 11 is 3.82. The Labute approximate surface area is 350 Å². The molecule has 10 aromatic carbocycles. The SMILES string of the molecule is CC1(C)c2ccccc2-c2cc(-c3c4ccccc4c(-c4ccc(-c5cc6sc7cc8sc9ccccc9c8cc7c6c6ccccc56)cc4)c4ccccc34)ccc21. The lowest BCUT2D eigenvalue weighted by atomic mass is 9.81. The minimum Gasteiger partial charge on any atom is -0.135 e. The Balaban J connectivity index is 0.974. The molecule has 0 bridgehead atoms. The van der Waals surface area contributed by atoms with Crippen molar-refractivity contribution in [1.29, 1.82) is 0 Å². The summed E-state index contributed by atoms with van der Waals surface area (Å²) in [5.74, 6) is 0. The number of benzene rings is 10. The molecule has 0 saturated carbocycles. The Hall–Kier alpha value is -6.58. The molecule has 0 fully saturated rings. The maximum absolute atomic E-state index is 2.45. The van der Waals surface area contributed by atoms with Gasteiger partial charge in [-0.3, -0.25) is 0 Å². The Bertz CT molecular complexity index is 3690. The van der Waals surface area contributed by atoms with Crippen LogP contribution in [0.5, 0.6) is 0 Å². The van der Waals surface area contributed by atoms with E-state index in [0.717, 1.165) is 0 Å². The van der Waals surface area contributed by atoms with Gasteiger partial charge in [-0.15, -0.1) is 22.7 Å². The highest BCUT2D eigenvalue weighted by Gasteiger charge is 2.35. The molecule has 59 heavy (non-hydrogen) atoms. The third kappa shape index (κ3) is 4.70. The lowest BCUT2D eigenvalue weighted by Crippen LogP contribution is -2.14. The van der Waals surface area contributed by atoms with Crippen LogP contribution in [0.1, 0.15) is 25.0 Å². The van der Waals surface area contributed by atoms with Gasteiger partial charge in [-0.1, -0.05) is 166 Å². The average Bonchev–Trinajstić information content (AvgIpc) is 3.91. The molecule has 0 amide bonds. The van der Waals surface area contributed by atoms with Crippen molar-refractivity contribution in [2.45, 2.75) is 19.3 Å². The van der Waals surface area contributed by atoms with Crippen molar-refractivity contribution in [3.63, 3.8) is 0 Å². The molecular weight excluding hydrogens is 749 g/mol. The Kier molecular flexibility index (Phi) is 6.92. The molecule has 0 aliphatic heterocycles. The Morgan fingerprint density at radius 2 is 0.831 bits per heavy atom. The predicted octanol–water partition coefficient (Wildman–Crippen LogP) is 17.2. The quantitative estimate of drug-likeness (QED) is 0.157. The van der Waals surface area contributed by atoms with E-state index in [1.54, 1.807) is 0 Å². The van der Waals surface area contributed by atoms with Crippen LogP contribution in [-0.4, -0.2) is 0 Å². The molecule has 276 valence electrons. The van der Waals surface area contributed by atoms with Crippen molar-refractivity contribution in [2.24, 2.45) is 0 Å². The number of hydrogen-bond acceptors (Lipinski definition) is 2. The second-order valence-corrected chi connectivity index (χ2v) is 18.9. The van der Waals surface area contributed by atoms with Crippen LogP contribution in [0.4, 0.5) is 0 Å². The van der Waals surface area contributed by atoms with Gasteiger partial charge >= 0.3 is 0 Å². The van der Waals surface area contributed by atoms with Crippen LogP contribution in [0.25, 0.3) is 117 Å². The fourth-order valence-electron chi connectivity index (χ4n) is 10.5. The minimum atomic E-state index is -0.0205. The molecule has 0 N–H and O–H groups in total. The van der Waals surface area contributed by atoms with Crippen LogP contribution in [-0.2, 0) is 5.41 Å². The first kappa shape index (κ1) is 33.4. The van der Waals surface area contributed by atoms with Gasteiger partial charge in [0.15, 0.2) is 0 Å². The van der Waals surface area contributed by atoms with Gasteiger partial charge in [0.05, 0.1) is 0 Å². The molecule has 0 nitrogen and oxygen atoms in total. The third-order valence-electron chi connectivity index (χ3n) is 13.3. The van der Waals surface area contributed by atoms with Crippen molar-refractivity contribution < 1.29 is 0 Å². The van der Waals surface area contributed by atoms with Gasteiger partial charge in [0, 0.05) is 45.8 Å². The maximum Gasteiger partial charge on any atom is 0.0370 e. The Morgan fingerprint density at radius 3 is 1.56 bits per heavy atom. The Morgan fingerprint density at radius 1 is 0.305 bits per heavy atom. The fourth-order valence-corrected chi connectivity index (χ4v) is 12.9. The van der Waals surface area contributed by atoms with Crippen LogP contribution in [0.3, 0.4) is 0 Å². The van der Waals surface area contributed by atoms with Crippen molar-refractivity contribution in [3.8, 4) is 44.5 Å². The number of fused-ring (bicyclic) bond motifs is 13. The summed E-state index contributed by atoms with van der Waals surface area (Å²) in [6.45, 7) is 4.71. The van der Waals surface area contributed by atoms with Crippen LogP contribution < -0.4 is 0 Å². The van der Waals surface area contributed by atoms with E-state index in [9.17, 15) is 0 Å². The van der Waals surface area contributed by atoms with Gasteiger partial charge in [-0.25, -0.2) is 0 Å². The van der Waals surface area contributed by atoms with E-state index < -0.39 is 0 Å². The standard InChI is InChI=1S/C57H36S2/c1-57(2)48-21-11-9-14-37(48)45-29-35(27-28-49(45)57)55-42-19-7-5-17-40(42)54(41-18-6-8-20-43(41)55)34-25-23-33(24-26-34)44-31-53-56(39-16-4-3-13-36(39)44)47-30-46-38-15-10-12-22-50(38)58-51(46)32-52(47)59-53/h3-32H,1-2H3. The first-order valence-corrected chi connectivity index (χ1v) is 22.1. The number of thiophene rings is 2. The molecule has 1 aliphatic carbocycles. The summed E-state index contributed by atoms with van der Waals surface area (Å²) in [4.78, 5) is 0. The zero-order valence-corrected chi connectivity index (χ0v) is 34.3. The normalized spacial score (nSPS) is 13.4. The number of rotatable bonds is 3. The number of hydrogen-bond donors (Lipinski definition) is 0. The zero-order valence-electron chi connectivity index (χ0n) is 32.6. The predicted molar refractivity (Wildman–Crippen MR) is 259 cm³/mol. The van der Waals surface area contributed by atoms with E-state index in [1.807, 2.05) is 22.7 Å². The minimum absolute atomic E-state index is 0.0205. The van der Waals surface area contributed by atoms with E-state index in [4.69, 9.17) is 0 Å². The molecule has 0 atom stereocenters. The van der Waals surface area contributed by atoms with Gasteiger partial charge in [0.25, 0.3) is 0 Å². The van der Waals surface area contributed by atoms with Crippen LogP contribution >= 0.6 is 22.7 Å². The van der Waals surface area contributed by atoms with Crippen molar-refractivity contribution in [3.05, 3.63) is 193 Å². The first-order chi connectivity index (χ1) is 29.0. The third-order valence-corrected chi connectivity index (χ3v) is 15.5. The van der Waals surface area contributed by atoms with Crippen molar-refractivity contribution >= 4 is 95.3 Å². The van der Waals surface area contributed by atoms with Gasteiger partial charge in [0.1, 0.15) is 0 Å². The highest BCUT2D eigenvalue weighted by atomic mass is 32.1. The summed E-state index contributed by atoms with van der Waals surface area (Å²) in [7, 11) is 0. The molecule has 2 heterocycles. The molecular formula is C57H36S2.